The molecule has 7 nitrogen and oxygen atoms in total. The molecule has 0 aliphatic heterocycles. The molecule has 4 rings (SSSR count). The molecule has 9 heteroatoms. The molecule has 1 heterocycles. The Balaban J connectivity index is 1.70. The minimum Gasteiger partial charge on any atom is -0.360 e. The van der Waals surface area contributed by atoms with E-state index in [2.05, 4.69) is 15.6 Å². The lowest BCUT2D eigenvalue weighted by Gasteiger charge is -2.13. The first-order valence-corrected chi connectivity index (χ1v) is 10.0. The number of pyridine rings is 1. The lowest BCUT2D eigenvalue weighted by atomic mass is 10.1. The van der Waals surface area contributed by atoms with Crippen LogP contribution in [0.5, 0.6) is 0 Å². The van der Waals surface area contributed by atoms with Crippen molar-refractivity contribution in [1.29, 1.82) is 0 Å². The summed E-state index contributed by atoms with van der Waals surface area (Å²) in [7, 11) is 0. The van der Waals surface area contributed by atoms with Crippen molar-refractivity contribution in [3.8, 4) is 0 Å². The van der Waals surface area contributed by atoms with E-state index in [0.29, 0.717) is 22.0 Å². The molecule has 4 aromatic rings. The van der Waals surface area contributed by atoms with Crippen molar-refractivity contribution >= 4 is 28.3 Å². The van der Waals surface area contributed by atoms with E-state index in [1.807, 2.05) is 0 Å². The van der Waals surface area contributed by atoms with E-state index >= 15 is 0 Å². The van der Waals surface area contributed by atoms with Crippen molar-refractivity contribution < 1.29 is 18.5 Å². The fourth-order valence-electron chi connectivity index (χ4n) is 3.39. The summed E-state index contributed by atoms with van der Waals surface area (Å²) >= 11 is 0. The Morgan fingerprint density at radius 1 is 0.879 bits per heavy atom. The average Bonchev–Trinajstić information content (AvgIpc) is 2.82. The zero-order valence-corrected chi connectivity index (χ0v) is 17.2. The minimum absolute atomic E-state index is 0.0608. The third-order valence-corrected chi connectivity index (χ3v) is 5.02. The van der Waals surface area contributed by atoms with E-state index in [-0.39, 0.29) is 24.5 Å². The monoisotopic (exact) mass is 448 g/mol. The molecule has 0 aliphatic rings. The van der Waals surface area contributed by atoms with E-state index in [1.165, 1.54) is 36.4 Å². The lowest BCUT2D eigenvalue weighted by Crippen LogP contribution is -2.25. The SMILES string of the molecule is O=C(NCc1ccc(F)cc1)c1c([N+](=O)[O-])c(NCc2ccc(F)cc2)nc2ccccc12. The Kier molecular flexibility index (Phi) is 6.21. The second-order valence-corrected chi connectivity index (χ2v) is 7.25. The van der Waals surface area contributed by atoms with Gasteiger partial charge in [-0.25, -0.2) is 13.8 Å². The topological polar surface area (TPSA) is 97.2 Å². The predicted octanol–water partition coefficient (Wildman–Crippen LogP) is 4.96. The van der Waals surface area contributed by atoms with Crippen molar-refractivity contribution in [3.63, 3.8) is 0 Å². The summed E-state index contributed by atoms with van der Waals surface area (Å²) in [4.78, 5) is 28.8. The van der Waals surface area contributed by atoms with Crippen LogP contribution in [-0.2, 0) is 13.1 Å². The highest BCUT2D eigenvalue weighted by atomic mass is 19.1. The van der Waals surface area contributed by atoms with Crippen molar-refractivity contribution in [1.82, 2.24) is 10.3 Å². The quantitative estimate of drug-likeness (QED) is 0.308. The fourth-order valence-corrected chi connectivity index (χ4v) is 3.39. The summed E-state index contributed by atoms with van der Waals surface area (Å²) in [5, 5.41) is 17.9. The van der Waals surface area contributed by atoms with Gasteiger partial charge in [-0.3, -0.25) is 14.9 Å². The first kappa shape index (κ1) is 21.8. The van der Waals surface area contributed by atoms with Crippen LogP contribution in [0.2, 0.25) is 0 Å². The molecule has 166 valence electrons. The Labute approximate surface area is 187 Å². The number of nitro groups is 1. The molecule has 1 amide bonds. The molecule has 0 unspecified atom stereocenters. The highest BCUT2D eigenvalue weighted by molar-refractivity contribution is 6.11. The normalized spacial score (nSPS) is 10.7. The molecule has 0 spiro atoms. The van der Waals surface area contributed by atoms with Crippen LogP contribution in [0.1, 0.15) is 21.5 Å². The molecule has 3 aromatic carbocycles. The predicted molar refractivity (Wildman–Crippen MR) is 120 cm³/mol. The van der Waals surface area contributed by atoms with Crippen molar-refractivity contribution in [3.05, 3.63) is 111 Å². The van der Waals surface area contributed by atoms with Crippen molar-refractivity contribution in [2.45, 2.75) is 13.1 Å². The van der Waals surface area contributed by atoms with Crippen LogP contribution in [-0.4, -0.2) is 15.8 Å². The van der Waals surface area contributed by atoms with E-state index in [1.54, 1.807) is 36.4 Å². The number of rotatable bonds is 7. The van der Waals surface area contributed by atoms with Crippen LogP contribution in [0.4, 0.5) is 20.3 Å². The molecular weight excluding hydrogens is 430 g/mol. The summed E-state index contributed by atoms with van der Waals surface area (Å²) in [5.74, 6) is -1.53. The van der Waals surface area contributed by atoms with Gasteiger partial charge >= 0.3 is 5.69 Å². The van der Waals surface area contributed by atoms with E-state index < -0.39 is 28.2 Å². The Hall–Kier alpha value is -4.40. The van der Waals surface area contributed by atoms with Gasteiger partial charge in [0.15, 0.2) is 0 Å². The van der Waals surface area contributed by atoms with E-state index in [4.69, 9.17) is 0 Å². The zero-order valence-electron chi connectivity index (χ0n) is 17.2. The van der Waals surface area contributed by atoms with Gasteiger partial charge in [0.1, 0.15) is 17.2 Å². The molecule has 2 N–H and O–H groups in total. The van der Waals surface area contributed by atoms with Crippen LogP contribution in [0.3, 0.4) is 0 Å². The fraction of sp³-hybridized carbons (Fsp3) is 0.0833. The summed E-state index contributed by atoms with van der Waals surface area (Å²) in [5.41, 5.74) is 1.13. The van der Waals surface area contributed by atoms with Gasteiger partial charge in [-0.1, -0.05) is 42.5 Å². The maximum Gasteiger partial charge on any atom is 0.324 e. The number of amides is 1. The van der Waals surface area contributed by atoms with E-state index in [0.717, 1.165) is 0 Å². The summed E-state index contributed by atoms with van der Waals surface area (Å²) < 4.78 is 26.3. The van der Waals surface area contributed by atoms with Gasteiger partial charge in [-0.2, -0.15) is 0 Å². The lowest BCUT2D eigenvalue weighted by molar-refractivity contribution is -0.384. The van der Waals surface area contributed by atoms with Crippen LogP contribution in [0, 0.1) is 21.7 Å². The molecule has 0 atom stereocenters. The smallest absolute Gasteiger partial charge is 0.324 e. The molecular formula is C24H18F2N4O3. The highest BCUT2D eigenvalue weighted by Crippen LogP contribution is 2.33. The van der Waals surface area contributed by atoms with Gasteiger partial charge in [-0.05, 0) is 41.5 Å². The summed E-state index contributed by atoms with van der Waals surface area (Å²) in [6.07, 6.45) is 0. The molecule has 0 saturated carbocycles. The van der Waals surface area contributed by atoms with Crippen LogP contribution in [0.15, 0.2) is 72.8 Å². The molecule has 0 bridgehead atoms. The van der Waals surface area contributed by atoms with Crippen LogP contribution >= 0.6 is 0 Å². The van der Waals surface area contributed by atoms with Crippen molar-refractivity contribution in [2.75, 3.05) is 5.32 Å². The maximum atomic E-state index is 13.2. The number of nitrogens with one attached hydrogen (secondary N) is 2. The Morgan fingerprint density at radius 3 is 2.06 bits per heavy atom. The van der Waals surface area contributed by atoms with Gasteiger partial charge < -0.3 is 10.6 Å². The third-order valence-electron chi connectivity index (χ3n) is 5.02. The third kappa shape index (κ3) is 4.93. The molecule has 0 fully saturated rings. The number of hydrogen-bond acceptors (Lipinski definition) is 5. The maximum absolute atomic E-state index is 13.2. The number of nitrogens with zero attached hydrogens (tertiary/aromatic N) is 2. The van der Waals surface area contributed by atoms with Gasteiger partial charge in [0.05, 0.1) is 10.4 Å². The second kappa shape index (κ2) is 9.39. The van der Waals surface area contributed by atoms with Gasteiger partial charge in [0.25, 0.3) is 5.91 Å². The number of hydrogen-bond donors (Lipinski definition) is 2. The number of para-hydroxylation sites is 1. The molecule has 0 aliphatic carbocycles. The van der Waals surface area contributed by atoms with Crippen LogP contribution in [0.25, 0.3) is 10.9 Å². The van der Waals surface area contributed by atoms with Gasteiger partial charge in [0, 0.05) is 18.5 Å². The largest absolute Gasteiger partial charge is 0.360 e. The van der Waals surface area contributed by atoms with Gasteiger partial charge in [0.2, 0.25) is 5.82 Å². The molecule has 1 aromatic heterocycles. The van der Waals surface area contributed by atoms with Crippen LogP contribution < -0.4 is 10.6 Å². The number of halogens is 2. The zero-order chi connectivity index (χ0) is 23.4. The number of carbonyl (C=O) groups excluding carboxylic acids is 1. The molecule has 0 radical (unpaired) electrons. The number of benzene rings is 3. The van der Waals surface area contributed by atoms with E-state index in [9.17, 15) is 23.7 Å². The average molecular weight is 448 g/mol. The first-order valence-electron chi connectivity index (χ1n) is 10.0. The van der Waals surface area contributed by atoms with Gasteiger partial charge in [-0.15, -0.1) is 0 Å². The minimum atomic E-state index is -0.658. The Bertz CT molecular complexity index is 1330. The number of fused-ring (bicyclic) bond motifs is 1. The standard InChI is InChI=1S/C24H18F2N4O3/c25-17-9-5-15(6-10-17)13-27-23-22(30(32)33)21(19-3-1-2-4-20(19)29-23)24(31)28-14-16-7-11-18(26)12-8-16/h1-12H,13-14H2,(H,27,29)(H,28,31). The Morgan fingerprint density at radius 2 is 1.45 bits per heavy atom. The molecule has 33 heavy (non-hydrogen) atoms. The molecule has 0 saturated heterocycles. The number of anilines is 1. The summed E-state index contributed by atoms with van der Waals surface area (Å²) in [6.45, 7) is 0.203. The first-order chi connectivity index (χ1) is 15.9. The number of aromatic nitrogens is 1. The number of carbonyl (C=O) groups is 1. The highest BCUT2D eigenvalue weighted by Gasteiger charge is 2.29. The second-order valence-electron chi connectivity index (χ2n) is 7.25. The van der Waals surface area contributed by atoms with Crippen molar-refractivity contribution in [2.24, 2.45) is 0 Å². The summed E-state index contributed by atoms with van der Waals surface area (Å²) in [6, 6.07) is 17.9.